The number of carbonyl (C=O) groups excluding carboxylic acids is 6. The minimum atomic E-state index is -0.738. The summed E-state index contributed by atoms with van der Waals surface area (Å²) in [6.07, 6.45) is 4.85. The molecule has 368 valence electrons. The molecule has 0 bridgehead atoms. The molecule has 72 heavy (non-hydrogen) atoms. The topological polar surface area (TPSA) is 214 Å². The summed E-state index contributed by atoms with van der Waals surface area (Å²) in [7, 11) is 1.59. The van der Waals surface area contributed by atoms with Crippen LogP contribution in [0.5, 0.6) is 34.5 Å². The van der Waals surface area contributed by atoms with Gasteiger partial charge in [0, 0.05) is 32.0 Å². The summed E-state index contributed by atoms with van der Waals surface area (Å²) in [5, 5.41) is 3.96. The van der Waals surface area contributed by atoms with E-state index < -0.39 is 35.8 Å². The second-order valence-electron chi connectivity index (χ2n) is 15.1. The number of fused-ring (bicyclic) bond motifs is 1. The molecule has 0 radical (unpaired) electrons. The van der Waals surface area contributed by atoms with Crippen molar-refractivity contribution in [1.82, 2.24) is 9.78 Å². The number of aryl methyl sites for hydroxylation is 1. The Morgan fingerprint density at radius 3 is 1.25 bits per heavy atom. The number of hydrogen-bond donors (Lipinski definition) is 1. The summed E-state index contributed by atoms with van der Waals surface area (Å²) in [5.41, 5.74) is 0.488. The van der Waals surface area contributed by atoms with Gasteiger partial charge in [0.05, 0.1) is 73.3 Å². The molecule has 7 rings (SSSR count). The number of hydrogen-bond acceptors (Lipinski definition) is 17. The van der Waals surface area contributed by atoms with E-state index in [1.54, 1.807) is 68.6 Å². The van der Waals surface area contributed by atoms with Crippen LogP contribution < -0.4 is 44.5 Å². The van der Waals surface area contributed by atoms with Crippen LogP contribution in [0, 0.1) is 0 Å². The maximum Gasteiger partial charge on any atom is 0.343 e. The molecule has 17 nitrogen and oxygen atoms in total. The van der Waals surface area contributed by atoms with Gasteiger partial charge >= 0.3 is 35.8 Å². The maximum atomic E-state index is 13.6. The van der Waals surface area contributed by atoms with E-state index in [4.69, 9.17) is 37.9 Å². The molecular formula is C53H44N2O15S2. The highest BCUT2D eigenvalue weighted by molar-refractivity contribution is 8.32. The fourth-order valence-corrected chi connectivity index (χ4v) is 9.16. The number of nitrogens with zero attached hydrogens (tertiary/aromatic N) is 1. The molecule has 1 N–H and O–H groups in total. The second-order valence-corrected chi connectivity index (χ2v) is 17.4. The van der Waals surface area contributed by atoms with Gasteiger partial charge in [-0.15, -0.1) is 0 Å². The van der Waals surface area contributed by atoms with Gasteiger partial charge in [0.1, 0.15) is 34.5 Å². The first kappa shape index (κ1) is 51.3. The average molecular weight is 1010 g/mol. The number of aromatic nitrogens is 2. The standard InChI is InChI=1S/C53H44N2O15S2/c1-5-40-45(48(58)55(4)54-40)53-71-46-41(69-51(61)34-14-22-38(23-15-34)67-49(59)32-10-18-36(19-11-32)63-28-8-30-65-43(56)6-2)26-27-42(47(46)72-53)70-52(62)35-16-24-39(25-17-35)68-50(60)33-12-20-37(21-13-33)64-29-9-31-66-44(57)7-3/h5-7,10-27,54H,2-3,8-9,28-31H2,1,4H3. The molecule has 1 aromatic heterocycles. The molecule has 0 atom stereocenters. The molecule has 0 saturated carbocycles. The lowest BCUT2D eigenvalue weighted by molar-refractivity contribution is -0.138. The van der Waals surface area contributed by atoms with Crippen molar-refractivity contribution in [1.29, 1.82) is 0 Å². The summed E-state index contributed by atoms with van der Waals surface area (Å²) in [6.45, 7) is 9.40. The van der Waals surface area contributed by atoms with E-state index in [2.05, 4.69) is 18.3 Å². The fourth-order valence-electron chi connectivity index (χ4n) is 6.47. The van der Waals surface area contributed by atoms with Crippen LogP contribution in [0.2, 0.25) is 0 Å². The van der Waals surface area contributed by atoms with Gasteiger partial charge in [0.25, 0.3) is 5.56 Å². The number of H-pyrrole nitrogens is 1. The van der Waals surface area contributed by atoms with Crippen LogP contribution >= 0.6 is 23.5 Å². The van der Waals surface area contributed by atoms with Gasteiger partial charge in [-0.3, -0.25) is 14.6 Å². The Bertz CT molecular complexity index is 3040. The Hall–Kier alpha value is -8.55. The molecule has 0 spiro atoms. The lowest BCUT2D eigenvalue weighted by Crippen LogP contribution is -2.35. The van der Waals surface area contributed by atoms with Crippen LogP contribution in [0.25, 0.3) is 10.3 Å². The Kier molecular flexibility index (Phi) is 17.3. The monoisotopic (exact) mass is 1010 g/mol. The zero-order chi connectivity index (χ0) is 51.1. The van der Waals surface area contributed by atoms with E-state index in [1.165, 1.54) is 88.9 Å². The molecule has 0 saturated heterocycles. The molecule has 1 aliphatic rings. The number of carbonyl (C=O) groups is 6. The molecule has 0 unspecified atom stereocenters. The highest BCUT2D eigenvalue weighted by Crippen LogP contribution is 2.58. The number of ether oxygens (including phenoxy) is 8. The van der Waals surface area contributed by atoms with Gasteiger partial charge in [-0.25, -0.2) is 28.8 Å². The highest BCUT2D eigenvalue weighted by Gasteiger charge is 2.30. The molecule has 0 aliphatic carbocycles. The molecular weight excluding hydrogens is 969 g/mol. The van der Waals surface area contributed by atoms with Crippen LogP contribution in [0.15, 0.2) is 149 Å². The number of esters is 6. The largest absolute Gasteiger partial charge is 0.493 e. The van der Waals surface area contributed by atoms with E-state index in [0.717, 1.165) is 12.2 Å². The molecule has 6 aromatic rings. The number of rotatable bonds is 20. The van der Waals surface area contributed by atoms with Gasteiger partial charge in [-0.05, 0) is 116 Å². The highest BCUT2D eigenvalue weighted by atomic mass is 32.2. The third-order valence-corrected chi connectivity index (χ3v) is 12.7. The van der Waals surface area contributed by atoms with Crippen LogP contribution in [0.3, 0.4) is 0 Å². The first-order valence-corrected chi connectivity index (χ1v) is 23.6. The van der Waals surface area contributed by atoms with Crippen molar-refractivity contribution in [2.75, 3.05) is 26.4 Å². The van der Waals surface area contributed by atoms with Gasteiger partial charge in [-0.1, -0.05) is 42.8 Å². The summed E-state index contributed by atoms with van der Waals surface area (Å²) >= 11 is 2.35. The maximum absolute atomic E-state index is 13.6. The van der Waals surface area contributed by atoms with Crippen molar-refractivity contribution in [3.63, 3.8) is 0 Å². The van der Waals surface area contributed by atoms with Crippen molar-refractivity contribution in [2.24, 2.45) is 7.05 Å². The van der Waals surface area contributed by atoms with Crippen molar-refractivity contribution < 1.29 is 66.7 Å². The van der Waals surface area contributed by atoms with Crippen molar-refractivity contribution in [2.45, 2.75) is 29.6 Å². The van der Waals surface area contributed by atoms with Gasteiger partial charge < -0.3 is 37.9 Å². The average Bonchev–Trinajstić information content (AvgIpc) is 3.97. The third-order valence-electron chi connectivity index (χ3n) is 10.1. The molecule has 2 heterocycles. The minimum absolute atomic E-state index is 0.132. The van der Waals surface area contributed by atoms with Gasteiger partial charge in [-0.2, -0.15) is 0 Å². The number of nitrogens with one attached hydrogen (secondary N) is 1. The van der Waals surface area contributed by atoms with Crippen molar-refractivity contribution in [3.8, 4) is 34.5 Å². The summed E-state index contributed by atoms with van der Waals surface area (Å²) < 4.78 is 45.8. The summed E-state index contributed by atoms with van der Waals surface area (Å²) in [4.78, 5) is 89.4. The van der Waals surface area contributed by atoms with Crippen LogP contribution in [-0.4, -0.2) is 72.0 Å². The predicted molar refractivity (Wildman–Crippen MR) is 265 cm³/mol. The van der Waals surface area contributed by atoms with E-state index in [-0.39, 0.29) is 77.2 Å². The van der Waals surface area contributed by atoms with Gasteiger partial charge in [0.2, 0.25) is 0 Å². The zero-order valence-electron chi connectivity index (χ0n) is 38.7. The van der Waals surface area contributed by atoms with Crippen LogP contribution in [0.1, 0.15) is 61.2 Å². The van der Waals surface area contributed by atoms with Crippen LogP contribution in [-0.2, 0) is 26.1 Å². The first-order chi connectivity index (χ1) is 34.8. The Balaban J connectivity index is 0.991. The Morgan fingerprint density at radius 1 is 0.528 bits per heavy atom. The van der Waals surface area contributed by atoms with E-state index in [1.807, 2.05) is 0 Å². The molecule has 19 heteroatoms. The zero-order valence-corrected chi connectivity index (χ0v) is 40.3. The quantitative estimate of drug-likeness (QED) is 0.0342. The smallest absolute Gasteiger partial charge is 0.343 e. The summed E-state index contributed by atoms with van der Waals surface area (Å²) in [5.74, 6) is -2.16. The number of thioether (sulfide) groups is 2. The molecule has 0 fully saturated rings. The van der Waals surface area contributed by atoms with E-state index >= 15 is 0 Å². The Labute approximate surface area is 419 Å². The first-order valence-electron chi connectivity index (χ1n) is 22.0. The molecule has 5 aromatic carbocycles. The van der Waals surface area contributed by atoms with Crippen molar-refractivity contribution >= 4 is 69.7 Å². The minimum Gasteiger partial charge on any atom is -0.493 e. The molecule has 1 aliphatic heterocycles. The second kappa shape index (κ2) is 24.3. The molecule has 0 amide bonds. The van der Waals surface area contributed by atoms with Gasteiger partial charge in [0.15, 0.2) is 0 Å². The predicted octanol–water partition coefficient (Wildman–Crippen LogP) is 7.35. The van der Waals surface area contributed by atoms with E-state index in [0.29, 0.717) is 48.9 Å². The number of aromatic amines is 1. The fraction of sp³-hybridized carbons (Fsp3) is 0.151. The normalized spacial score (nSPS) is 11.7. The SMILES string of the molecule is C=CC(=O)OCCCOc1ccc(C(=O)Oc2ccc(C(=O)Oc3ccc(OC(=O)c4ccc(OC(=O)c5ccc(OCCCOC(=O)C=C)cc5)cc4)c4c3SC(=c3c(=CC)[nH]n(C)c3=O)S4)cc2)cc1. The van der Waals surface area contributed by atoms with E-state index in [9.17, 15) is 33.6 Å². The summed E-state index contributed by atoms with van der Waals surface area (Å²) in [6, 6.07) is 27.1. The lowest BCUT2D eigenvalue weighted by atomic mass is 10.2. The van der Waals surface area contributed by atoms with Crippen LogP contribution in [0.4, 0.5) is 0 Å². The Morgan fingerprint density at radius 2 is 0.889 bits per heavy atom. The lowest BCUT2D eigenvalue weighted by Gasteiger charge is -2.12. The van der Waals surface area contributed by atoms with Crippen molar-refractivity contribution in [3.05, 3.63) is 178 Å². The number of benzene rings is 5. The third kappa shape index (κ3) is 13.2.